The lowest BCUT2D eigenvalue weighted by atomic mass is 10.2. The van der Waals surface area contributed by atoms with E-state index < -0.39 is 0 Å². The van der Waals surface area contributed by atoms with E-state index in [0.717, 1.165) is 60.1 Å². The molecule has 0 aliphatic carbocycles. The lowest BCUT2D eigenvalue weighted by Gasteiger charge is -2.30. The van der Waals surface area contributed by atoms with E-state index in [1.807, 2.05) is 83.8 Å². The molecule has 3 aromatic rings. The van der Waals surface area contributed by atoms with Crippen molar-refractivity contribution < 1.29 is 14.3 Å². The Kier molecular flexibility index (Phi) is 8.35. The molecule has 33 heavy (non-hydrogen) atoms. The van der Waals surface area contributed by atoms with Gasteiger partial charge in [-0.25, -0.2) is 4.79 Å². The highest BCUT2D eigenvalue weighted by Gasteiger charge is 2.18. The highest BCUT2D eigenvalue weighted by molar-refractivity contribution is 9.10. The fourth-order valence-electron chi connectivity index (χ4n) is 3.66. The number of ether oxygens (including phenoxy) is 2. The van der Waals surface area contributed by atoms with Gasteiger partial charge in [0.2, 0.25) is 0 Å². The van der Waals surface area contributed by atoms with Crippen molar-refractivity contribution in [1.29, 1.82) is 0 Å². The zero-order valence-electron chi connectivity index (χ0n) is 18.5. The Hall–Kier alpha value is -2.87. The maximum Gasteiger partial charge on any atom is 0.322 e. The summed E-state index contributed by atoms with van der Waals surface area (Å²) < 4.78 is 12.3. The number of nitrogens with one attached hydrogen (secondary N) is 1. The summed E-state index contributed by atoms with van der Waals surface area (Å²) in [4.78, 5) is 17.4. The highest BCUT2D eigenvalue weighted by atomic mass is 79.9. The minimum Gasteiger partial charge on any atom is -0.457 e. The maximum atomic E-state index is 13.2. The first kappa shape index (κ1) is 23.3. The third-order valence-electron chi connectivity index (χ3n) is 5.40. The van der Waals surface area contributed by atoms with Crippen LogP contribution in [0.3, 0.4) is 0 Å². The normalized spacial score (nSPS) is 14.0. The Balaban J connectivity index is 1.46. The lowest BCUT2D eigenvalue weighted by molar-refractivity contribution is 0.0349. The first-order chi connectivity index (χ1) is 16.2. The number of para-hydroxylation sites is 1. The molecule has 172 valence electrons. The molecule has 1 saturated heterocycles. The van der Waals surface area contributed by atoms with E-state index in [-0.39, 0.29) is 6.03 Å². The van der Waals surface area contributed by atoms with Crippen LogP contribution in [0.4, 0.5) is 10.5 Å². The Morgan fingerprint density at radius 3 is 2.52 bits per heavy atom. The molecule has 0 atom stereocenters. The van der Waals surface area contributed by atoms with Gasteiger partial charge < -0.3 is 19.7 Å². The zero-order valence-corrected chi connectivity index (χ0v) is 20.0. The van der Waals surface area contributed by atoms with Crippen LogP contribution in [0.1, 0.15) is 5.56 Å². The van der Waals surface area contributed by atoms with Gasteiger partial charge in [0.15, 0.2) is 0 Å². The molecule has 1 aliphatic rings. The summed E-state index contributed by atoms with van der Waals surface area (Å²) in [5.41, 5.74) is 1.77. The second-order valence-corrected chi connectivity index (χ2v) is 8.79. The van der Waals surface area contributed by atoms with Crippen LogP contribution in [0.5, 0.6) is 11.5 Å². The Morgan fingerprint density at radius 1 is 0.970 bits per heavy atom. The predicted molar refractivity (Wildman–Crippen MR) is 134 cm³/mol. The standard InChI is InChI=1S/C26H28BrN3O3/c27-22-7-5-8-23(19-22)28-26(31)30(13-12-29-14-16-32-17-15-29)20-21-6-4-11-25(18-21)33-24-9-2-1-3-10-24/h1-11,18-19H,12-17,20H2,(H,28,31). The van der Waals surface area contributed by atoms with Crippen molar-refractivity contribution in [2.24, 2.45) is 0 Å². The molecular formula is C26H28BrN3O3. The molecule has 4 rings (SSSR count). The number of benzene rings is 3. The molecule has 3 aromatic carbocycles. The van der Waals surface area contributed by atoms with E-state index in [2.05, 4.69) is 26.1 Å². The van der Waals surface area contributed by atoms with E-state index in [9.17, 15) is 4.79 Å². The Morgan fingerprint density at radius 2 is 1.73 bits per heavy atom. The van der Waals surface area contributed by atoms with Gasteiger partial charge in [-0.05, 0) is 48.0 Å². The van der Waals surface area contributed by atoms with E-state index in [1.165, 1.54) is 0 Å². The highest BCUT2D eigenvalue weighted by Crippen LogP contribution is 2.23. The number of amides is 2. The number of morpholine rings is 1. The minimum absolute atomic E-state index is 0.129. The molecule has 0 bridgehead atoms. The van der Waals surface area contributed by atoms with E-state index in [4.69, 9.17) is 9.47 Å². The predicted octanol–water partition coefficient (Wildman–Crippen LogP) is 5.61. The largest absolute Gasteiger partial charge is 0.457 e. The monoisotopic (exact) mass is 509 g/mol. The number of rotatable bonds is 8. The Labute approximate surface area is 203 Å². The van der Waals surface area contributed by atoms with Crippen molar-refractivity contribution in [2.75, 3.05) is 44.7 Å². The summed E-state index contributed by atoms with van der Waals surface area (Å²) in [5.74, 6) is 1.53. The molecule has 0 aromatic heterocycles. The van der Waals surface area contributed by atoms with Crippen LogP contribution in [0.15, 0.2) is 83.3 Å². The topological polar surface area (TPSA) is 54.0 Å². The first-order valence-corrected chi connectivity index (χ1v) is 11.9. The van der Waals surface area contributed by atoms with E-state index in [1.54, 1.807) is 0 Å². The van der Waals surface area contributed by atoms with Gasteiger partial charge in [0.25, 0.3) is 0 Å². The van der Waals surface area contributed by atoms with Crippen molar-refractivity contribution in [1.82, 2.24) is 9.80 Å². The fourth-order valence-corrected chi connectivity index (χ4v) is 4.06. The first-order valence-electron chi connectivity index (χ1n) is 11.1. The summed E-state index contributed by atoms with van der Waals surface area (Å²) in [6.45, 7) is 5.16. The van der Waals surface area contributed by atoms with Gasteiger partial charge in [-0.15, -0.1) is 0 Å². The molecule has 0 spiro atoms. The van der Waals surface area contributed by atoms with Crippen LogP contribution in [0, 0.1) is 0 Å². The van der Waals surface area contributed by atoms with Gasteiger partial charge in [-0.1, -0.05) is 52.3 Å². The summed E-state index contributed by atoms with van der Waals surface area (Å²) in [6.07, 6.45) is 0. The van der Waals surface area contributed by atoms with Gasteiger partial charge in [0.1, 0.15) is 11.5 Å². The molecular weight excluding hydrogens is 482 g/mol. The summed E-state index contributed by atoms with van der Waals surface area (Å²) >= 11 is 3.46. The molecule has 0 saturated carbocycles. The molecule has 2 amide bonds. The van der Waals surface area contributed by atoms with Gasteiger partial charge in [-0.2, -0.15) is 0 Å². The SMILES string of the molecule is O=C(Nc1cccc(Br)c1)N(CCN1CCOCC1)Cc1cccc(Oc2ccccc2)c1. The van der Waals surface area contributed by atoms with Crippen molar-refractivity contribution in [3.05, 3.63) is 88.9 Å². The number of urea groups is 1. The van der Waals surface area contributed by atoms with Gasteiger partial charge in [0.05, 0.1) is 13.2 Å². The molecule has 1 N–H and O–H groups in total. The number of hydrogen-bond acceptors (Lipinski definition) is 4. The van der Waals surface area contributed by atoms with Gasteiger partial charge in [0, 0.05) is 42.9 Å². The second kappa shape index (κ2) is 11.8. The average molecular weight is 510 g/mol. The van der Waals surface area contributed by atoms with Crippen LogP contribution >= 0.6 is 15.9 Å². The lowest BCUT2D eigenvalue weighted by Crippen LogP contribution is -2.44. The third kappa shape index (κ3) is 7.32. The van der Waals surface area contributed by atoms with Crippen LogP contribution in [-0.4, -0.2) is 55.2 Å². The summed E-state index contributed by atoms with van der Waals surface area (Å²) in [7, 11) is 0. The van der Waals surface area contributed by atoms with Gasteiger partial charge >= 0.3 is 6.03 Å². The molecule has 7 heteroatoms. The number of anilines is 1. The number of carbonyl (C=O) groups excluding carboxylic acids is 1. The van der Waals surface area contributed by atoms with Crippen LogP contribution in [0.2, 0.25) is 0 Å². The second-order valence-electron chi connectivity index (χ2n) is 7.88. The molecule has 0 radical (unpaired) electrons. The minimum atomic E-state index is -0.129. The molecule has 1 fully saturated rings. The maximum absolute atomic E-state index is 13.2. The quantitative estimate of drug-likeness (QED) is 0.428. The van der Waals surface area contributed by atoms with Crippen molar-refractivity contribution in [3.8, 4) is 11.5 Å². The van der Waals surface area contributed by atoms with E-state index >= 15 is 0 Å². The molecule has 6 nitrogen and oxygen atoms in total. The van der Waals surface area contributed by atoms with Crippen LogP contribution in [0.25, 0.3) is 0 Å². The molecule has 1 aliphatic heterocycles. The van der Waals surface area contributed by atoms with Gasteiger partial charge in [-0.3, -0.25) is 4.90 Å². The average Bonchev–Trinajstić information content (AvgIpc) is 2.83. The summed E-state index contributed by atoms with van der Waals surface area (Å²) in [5, 5.41) is 3.03. The van der Waals surface area contributed by atoms with Crippen molar-refractivity contribution in [2.45, 2.75) is 6.54 Å². The zero-order chi connectivity index (χ0) is 22.9. The molecule has 1 heterocycles. The van der Waals surface area contributed by atoms with Crippen LogP contribution in [-0.2, 0) is 11.3 Å². The number of carbonyl (C=O) groups is 1. The fraction of sp³-hybridized carbons (Fsp3) is 0.269. The van der Waals surface area contributed by atoms with E-state index in [0.29, 0.717) is 13.1 Å². The van der Waals surface area contributed by atoms with Crippen molar-refractivity contribution in [3.63, 3.8) is 0 Å². The number of nitrogens with zero attached hydrogens (tertiary/aromatic N) is 2. The number of halogens is 1. The third-order valence-corrected chi connectivity index (χ3v) is 5.90. The summed E-state index contributed by atoms with van der Waals surface area (Å²) in [6, 6.07) is 25.1. The molecule has 0 unspecified atom stereocenters. The van der Waals surface area contributed by atoms with Crippen molar-refractivity contribution >= 4 is 27.6 Å². The van der Waals surface area contributed by atoms with Crippen LogP contribution < -0.4 is 10.1 Å². The Bertz CT molecular complexity index is 1040. The smallest absolute Gasteiger partial charge is 0.322 e. The number of hydrogen-bond donors (Lipinski definition) is 1.